The average Bonchev–Trinajstić information content (AvgIpc) is 2.79. The van der Waals surface area contributed by atoms with Gasteiger partial charge in [0.1, 0.15) is 11.6 Å². The van der Waals surface area contributed by atoms with Crippen molar-refractivity contribution in [2.75, 3.05) is 0 Å². The first-order chi connectivity index (χ1) is 9.58. The Bertz CT molecular complexity index is 705. The monoisotopic (exact) mass is 295 g/mol. The number of nitrogens with zero attached hydrogens (tertiary/aromatic N) is 1. The van der Waals surface area contributed by atoms with Crippen molar-refractivity contribution in [3.05, 3.63) is 51.6 Å². The highest BCUT2D eigenvalue weighted by Gasteiger charge is 2.23. The summed E-state index contributed by atoms with van der Waals surface area (Å²) in [6, 6.07) is 2.49. The van der Waals surface area contributed by atoms with Crippen LogP contribution in [0.3, 0.4) is 0 Å². The van der Waals surface area contributed by atoms with Crippen molar-refractivity contribution in [3.8, 4) is 0 Å². The van der Waals surface area contributed by atoms with Crippen molar-refractivity contribution in [2.45, 2.75) is 31.8 Å². The zero-order chi connectivity index (χ0) is 14.3. The first-order valence-electron chi connectivity index (χ1n) is 6.55. The lowest BCUT2D eigenvalue weighted by Crippen LogP contribution is -2.19. The highest BCUT2D eigenvalue weighted by molar-refractivity contribution is 7.71. The summed E-state index contributed by atoms with van der Waals surface area (Å²) >= 11 is 5.27. The first kappa shape index (κ1) is 13.5. The third-order valence-corrected chi connectivity index (χ3v) is 4.16. The molecule has 1 heterocycles. The van der Waals surface area contributed by atoms with E-state index in [1.54, 1.807) is 0 Å². The molecule has 106 valence electrons. The lowest BCUT2D eigenvalue weighted by Gasteiger charge is -2.26. The molecule has 0 unspecified atom stereocenters. The van der Waals surface area contributed by atoms with Gasteiger partial charge >= 0.3 is 0 Å². The van der Waals surface area contributed by atoms with Crippen LogP contribution in [0.15, 0.2) is 18.3 Å². The molecule has 0 saturated heterocycles. The Hall–Kier alpha value is -1.53. The fourth-order valence-electron chi connectivity index (χ4n) is 2.86. The van der Waals surface area contributed by atoms with Gasteiger partial charge in [0.05, 0.1) is 0 Å². The van der Waals surface area contributed by atoms with E-state index in [0.717, 1.165) is 23.7 Å². The molecule has 3 N–H and O–H groups in total. The van der Waals surface area contributed by atoms with Crippen LogP contribution in [0.2, 0.25) is 0 Å². The van der Waals surface area contributed by atoms with Crippen molar-refractivity contribution in [2.24, 2.45) is 5.73 Å². The molecule has 0 spiro atoms. The van der Waals surface area contributed by atoms with Gasteiger partial charge in [0.25, 0.3) is 0 Å². The molecule has 0 radical (unpaired) electrons. The lowest BCUT2D eigenvalue weighted by atomic mass is 9.87. The minimum Gasteiger partial charge on any atom is -0.333 e. The number of halogens is 2. The Kier molecular flexibility index (Phi) is 3.43. The fraction of sp³-hybridized carbons (Fsp3) is 0.357. The third-order valence-electron chi connectivity index (χ3n) is 3.85. The second-order valence-electron chi connectivity index (χ2n) is 5.12. The summed E-state index contributed by atoms with van der Waals surface area (Å²) in [4.78, 5) is 3.04. The van der Waals surface area contributed by atoms with E-state index >= 15 is 0 Å². The Labute approximate surface area is 120 Å². The highest BCUT2D eigenvalue weighted by atomic mass is 32.1. The molecule has 2 aromatic rings. The largest absolute Gasteiger partial charge is 0.333 e. The first-order valence-corrected chi connectivity index (χ1v) is 6.96. The maximum absolute atomic E-state index is 13.7. The molecule has 0 aliphatic heterocycles. The number of benzene rings is 1. The quantitative estimate of drug-likeness (QED) is 0.837. The lowest BCUT2D eigenvalue weighted by molar-refractivity contribution is 0.425. The van der Waals surface area contributed by atoms with E-state index < -0.39 is 11.6 Å². The summed E-state index contributed by atoms with van der Waals surface area (Å²) in [6.45, 7) is 0.392. The molecule has 0 saturated carbocycles. The number of aromatic amines is 1. The van der Waals surface area contributed by atoms with Gasteiger partial charge in [-0.05, 0) is 48.7 Å². The van der Waals surface area contributed by atoms with Gasteiger partial charge in [0, 0.05) is 30.5 Å². The van der Waals surface area contributed by atoms with Gasteiger partial charge in [-0.3, -0.25) is 0 Å². The van der Waals surface area contributed by atoms with Gasteiger partial charge in [-0.1, -0.05) is 0 Å². The Balaban J connectivity index is 1.95. The molecule has 1 aliphatic rings. The minimum absolute atomic E-state index is 0.118. The van der Waals surface area contributed by atoms with Gasteiger partial charge in [-0.25, -0.2) is 8.78 Å². The van der Waals surface area contributed by atoms with E-state index in [1.807, 2.05) is 10.8 Å². The van der Waals surface area contributed by atoms with Crippen LogP contribution in [-0.2, 0) is 19.4 Å². The van der Waals surface area contributed by atoms with Crippen LogP contribution in [0.25, 0.3) is 0 Å². The van der Waals surface area contributed by atoms with E-state index in [4.69, 9.17) is 18.0 Å². The van der Waals surface area contributed by atoms with E-state index in [0.29, 0.717) is 29.7 Å². The topological polar surface area (TPSA) is 46.7 Å². The van der Waals surface area contributed by atoms with Crippen LogP contribution >= 0.6 is 12.2 Å². The summed E-state index contributed by atoms with van der Waals surface area (Å²) in [7, 11) is 0. The van der Waals surface area contributed by atoms with Crippen LogP contribution in [-0.4, -0.2) is 9.55 Å². The standard InChI is InChI=1S/C14H15F2N3S/c15-9-3-8-4-11(1-2-12(8)13(16)5-9)19-7-10(6-17)18-14(19)20/h3,5,7,11H,1-2,4,6,17H2,(H,18,20)/t11-/m0/s1. The third kappa shape index (κ3) is 2.29. The molecule has 1 aromatic heterocycles. The number of fused-ring (bicyclic) bond motifs is 1. The van der Waals surface area contributed by atoms with Crippen LogP contribution in [0, 0.1) is 16.4 Å². The van der Waals surface area contributed by atoms with Crippen molar-refractivity contribution >= 4 is 12.2 Å². The van der Waals surface area contributed by atoms with E-state index in [9.17, 15) is 8.78 Å². The minimum atomic E-state index is -0.526. The van der Waals surface area contributed by atoms with Crippen LogP contribution < -0.4 is 5.73 Å². The average molecular weight is 295 g/mol. The van der Waals surface area contributed by atoms with Gasteiger partial charge in [0.15, 0.2) is 4.77 Å². The molecular formula is C14H15F2N3S. The summed E-state index contributed by atoms with van der Waals surface area (Å²) < 4.78 is 29.6. The zero-order valence-corrected chi connectivity index (χ0v) is 11.6. The normalized spacial score (nSPS) is 18.1. The molecule has 0 bridgehead atoms. The molecule has 20 heavy (non-hydrogen) atoms. The van der Waals surface area contributed by atoms with Crippen LogP contribution in [0.5, 0.6) is 0 Å². The fourth-order valence-corrected chi connectivity index (χ4v) is 3.19. The number of nitrogens with one attached hydrogen (secondary N) is 1. The predicted molar refractivity (Wildman–Crippen MR) is 74.9 cm³/mol. The van der Waals surface area contributed by atoms with Crippen LogP contribution in [0.4, 0.5) is 8.78 Å². The summed E-state index contributed by atoms with van der Waals surface area (Å²) in [5.74, 6) is -0.971. The van der Waals surface area contributed by atoms with Crippen molar-refractivity contribution in [1.29, 1.82) is 0 Å². The molecule has 6 heteroatoms. The predicted octanol–water partition coefficient (Wildman–Crippen LogP) is 3.01. The molecule has 1 atom stereocenters. The molecule has 3 rings (SSSR count). The summed E-state index contributed by atoms with van der Waals surface area (Å²) in [6.07, 6.45) is 3.86. The van der Waals surface area contributed by atoms with Gasteiger partial charge in [0.2, 0.25) is 0 Å². The van der Waals surface area contributed by atoms with Crippen LogP contribution in [0.1, 0.15) is 29.3 Å². The Morgan fingerprint density at radius 2 is 2.20 bits per heavy atom. The number of hydrogen-bond acceptors (Lipinski definition) is 2. The highest BCUT2D eigenvalue weighted by Crippen LogP contribution is 2.31. The Morgan fingerprint density at radius 3 is 2.90 bits per heavy atom. The summed E-state index contributed by atoms with van der Waals surface area (Å²) in [5.41, 5.74) is 7.82. The Morgan fingerprint density at radius 1 is 1.40 bits per heavy atom. The van der Waals surface area contributed by atoms with Crippen molar-refractivity contribution in [3.63, 3.8) is 0 Å². The zero-order valence-electron chi connectivity index (χ0n) is 10.8. The molecule has 0 fully saturated rings. The number of nitrogens with two attached hydrogens (primary N) is 1. The van der Waals surface area contributed by atoms with Crippen molar-refractivity contribution in [1.82, 2.24) is 9.55 Å². The number of H-pyrrole nitrogens is 1. The number of rotatable bonds is 2. The maximum Gasteiger partial charge on any atom is 0.177 e. The molecular weight excluding hydrogens is 280 g/mol. The molecule has 3 nitrogen and oxygen atoms in total. The number of aromatic nitrogens is 2. The smallest absolute Gasteiger partial charge is 0.177 e. The second-order valence-corrected chi connectivity index (χ2v) is 5.50. The molecule has 1 aliphatic carbocycles. The molecule has 1 aromatic carbocycles. The van der Waals surface area contributed by atoms with Gasteiger partial charge < -0.3 is 15.3 Å². The molecule has 0 amide bonds. The number of imidazole rings is 1. The second kappa shape index (κ2) is 5.10. The van der Waals surface area contributed by atoms with E-state index in [-0.39, 0.29) is 6.04 Å². The van der Waals surface area contributed by atoms with Crippen molar-refractivity contribution < 1.29 is 8.78 Å². The maximum atomic E-state index is 13.7. The summed E-state index contributed by atoms with van der Waals surface area (Å²) in [5, 5.41) is 0. The number of hydrogen-bond donors (Lipinski definition) is 2. The van der Waals surface area contributed by atoms with E-state index in [2.05, 4.69) is 4.98 Å². The SMILES string of the molecule is NCc1cn([C@H]2CCc3c(F)cc(F)cc3C2)c(=S)[nH]1. The van der Waals surface area contributed by atoms with Gasteiger partial charge in [-0.15, -0.1) is 0 Å². The van der Waals surface area contributed by atoms with Gasteiger partial charge in [-0.2, -0.15) is 0 Å². The van der Waals surface area contributed by atoms with E-state index in [1.165, 1.54) is 6.07 Å².